The van der Waals surface area contributed by atoms with Gasteiger partial charge in [-0.1, -0.05) is 166 Å². The first-order valence-electron chi connectivity index (χ1n) is 29.5. The number of ether oxygens (including phenoxy) is 2. The summed E-state index contributed by atoms with van der Waals surface area (Å²) in [5.41, 5.74) is 18.8. The van der Waals surface area contributed by atoms with Crippen molar-refractivity contribution in [1.29, 1.82) is 0 Å². The number of para-hydroxylation sites is 6. The molecule has 0 aromatic heterocycles. The SMILES string of the molecule is CCC1Oc2cc(N(c3ccccc3)c3ccc(-c4cc(-c5ccc(N(c6ccccc6)c6ccc7c(c6)Oc6ccccc6N7c6ccccc6)cc5)cc(C5CNC(c6ccccc6)NC5)c4)cc3)ccc2N(c2ccccc2)C1CC. The first-order valence-corrected chi connectivity index (χ1v) is 29.5. The zero-order valence-corrected chi connectivity index (χ0v) is 47.3. The molecule has 3 aliphatic rings. The third-order valence-electron chi connectivity index (χ3n) is 16.8. The summed E-state index contributed by atoms with van der Waals surface area (Å²) < 4.78 is 13.7. The van der Waals surface area contributed by atoms with Crippen LogP contribution in [-0.4, -0.2) is 25.2 Å². The molecule has 1 fully saturated rings. The van der Waals surface area contributed by atoms with Crippen LogP contribution < -0.4 is 39.7 Å². The first kappa shape index (κ1) is 52.2. The Hall–Kier alpha value is -9.86. The van der Waals surface area contributed by atoms with Crippen molar-refractivity contribution in [2.24, 2.45) is 0 Å². The predicted molar refractivity (Wildman–Crippen MR) is 347 cm³/mol. The standard InChI is InChI=1S/C76H66N6O2/c1-3-68-72(4-2)83-74-49-66(42-44-70(74)81(68)62-28-16-8-17-29-62)79(60-24-12-6-13-25-60)64-38-34-53(35-39-64)56-46-57(48-58(47-56)59-51-77-76(78-52-59)55-22-10-5-11-23-55)54-36-40-65(41-37-54)80(61-26-14-7-15-27-61)67-43-45-71-75(50-67)84-73-33-21-20-32-69(73)82(71)63-30-18-9-19-31-63/h5-50,59,68,72,76-78H,3-4,51-52H2,1-2H3. The van der Waals surface area contributed by atoms with Crippen LogP contribution in [0.5, 0.6) is 17.2 Å². The maximum absolute atomic E-state index is 6.93. The van der Waals surface area contributed by atoms with E-state index in [9.17, 15) is 0 Å². The number of benzene rings is 11. The highest BCUT2D eigenvalue weighted by molar-refractivity contribution is 5.90. The molecule has 8 nitrogen and oxygen atoms in total. The van der Waals surface area contributed by atoms with E-state index in [-0.39, 0.29) is 24.2 Å². The molecule has 8 heteroatoms. The Morgan fingerprint density at radius 1 is 0.381 bits per heavy atom. The van der Waals surface area contributed by atoms with Gasteiger partial charge in [0.1, 0.15) is 11.9 Å². The zero-order valence-electron chi connectivity index (χ0n) is 47.3. The lowest BCUT2D eigenvalue weighted by Crippen LogP contribution is -2.46. The molecule has 0 spiro atoms. The van der Waals surface area contributed by atoms with E-state index < -0.39 is 0 Å². The first-order chi connectivity index (χ1) is 41.5. The van der Waals surface area contributed by atoms with Crippen LogP contribution in [0.3, 0.4) is 0 Å². The summed E-state index contributed by atoms with van der Waals surface area (Å²) in [4.78, 5) is 9.42. The minimum atomic E-state index is 0.0538. The number of rotatable bonds is 14. The Morgan fingerprint density at radius 2 is 0.845 bits per heavy atom. The van der Waals surface area contributed by atoms with E-state index in [4.69, 9.17) is 9.47 Å². The van der Waals surface area contributed by atoms with E-state index in [1.165, 1.54) is 22.4 Å². The molecule has 0 radical (unpaired) electrons. The van der Waals surface area contributed by atoms with E-state index in [1.807, 2.05) is 12.1 Å². The van der Waals surface area contributed by atoms with Crippen molar-refractivity contribution in [2.75, 3.05) is 32.7 Å². The lowest BCUT2D eigenvalue weighted by Gasteiger charge is -2.43. The van der Waals surface area contributed by atoms with E-state index in [0.29, 0.717) is 0 Å². The van der Waals surface area contributed by atoms with Crippen LogP contribution in [0.4, 0.5) is 62.6 Å². The second-order valence-electron chi connectivity index (χ2n) is 21.9. The maximum Gasteiger partial charge on any atom is 0.153 e. The normalized spacial score (nSPS) is 17.0. The lowest BCUT2D eigenvalue weighted by molar-refractivity contribution is 0.150. The number of hydrogen-bond acceptors (Lipinski definition) is 8. The summed E-state index contributed by atoms with van der Waals surface area (Å²) in [6.45, 7) is 6.18. The van der Waals surface area contributed by atoms with Gasteiger partial charge in [-0.05, 0) is 161 Å². The summed E-state index contributed by atoms with van der Waals surface area (Å²) in [7, 11) is 0. The minimum absolute atomic E-state index is 0.0538. The summed E-state index contributed by atoms with van der Waals surface area (Å²) in [6.07, 6.45) is 2.04. The van der Waals surface area contributed by atoms with Gasteiger partial charge >= 0.3 is 0 Å². The third-order valence-corrected chi connectivity index (χ3v) is 16.8. The van der Waals surface area contributed by atoms with Crippen LogP contribution in [-0.2, 0) is 0 Å². The number of anilines is 11. The van der Waals surface area contributed by atoms with Crippen LogP contribution in [0.25, 0.3) is 22.3 Å². The predicted octanol–water partition coefficient (Wildman–Crippen LogP) is 19.6. The third kappa shape index (κ3) is 10.2. The molecule has 11 aromatic rings. The maximum atomic E-state index is 6.93. The molecule has 0 saturated carbocycles. The van der Waals surface area contributed by atoms with Gasteiger partial charge in [0, 0.05) is 76.6 Å². The molecule has 3 heterocycles. The highest BCUT2D eigenvalue weighted by Crippen LogP contribution is 2.53. The Morgan fingerprint density at radius 3 is 1.40 bits per heavy atom. The highest BCUT2D eigenvalue weighted by Gasteiger charge is 2.36. The van der Waals surface area contributed by atoms with Gasteiger partial charge in [-0.15, -0.1) is 0 Å². The van der Waals surface area contributed by atoms with Crippen molar-refractivity contribution >= 4 is 62.6 Å². The quantitative estimate of drug-likeness (QED) is 0.112. The van der Waals surface area contributed by atoms with Gasteiger partial charge in [0.2, 0.25) is 0 Å². The van der Waals surface area contributed by atoms with Crippen LogP contribution in [0.2, 0.25) is 0 Å². The topological polar surface area (TPSA) is 55.5 Å². The second-order valence-corrected chi connectivity index (χ2v) is 21.9. The number of fused-ring (bicyclic) bond motifs is 3. The number of hydrogen-bond donors (Lipinski definition) is 2. The zero-order chi connectivity index (χ0) is 56.3. The van der Waals surface area contributed by atoms with Gasteiger partial charge in [0.05, 0.1) is 29.3 Å². The second kappa shape index (κ2) is 23.2. The molecule has 14 rings (SSSR count). The molecule has 0 amide bonds. The lowest BCUT2D eigenvalue weighted by atomic mass is 9.89. The summed E-state index contributed by atoms with van der Waals surface area (Å²) in [6, 6.07) is 100. The highest BCUT2D eigenvalue weighted by atomic mass is 16.5. The molecule has 2 atom stereocenters. The summed E-state index contributed by atoms with van der Waals surface area (Å²) in [5.74, 6) is 2.74. The van der Waals surface area contributed by atoms with Crippen molar-refractivity contribution in [3.8, 4) is 39.5 Å². The van der Waals surface area contributed by atoms with Gasteiger partial charge < -0.3 is 29.1 Å². The van der Waals surface area contributed by atoms with E-state index in [1.54, 1.807) is 0 Å². The van der Waals surface area contributed by atoms with Gasteiger partial charge in [-0.3, -0.25) is 10.6 Å². The molecule has 11 aromatic carbocycles. The van der Waals surface area contributed by atoms with Crippen LogP contribution >= 0.6 is 0 Å². The molecule has 84 heavy (non-hydrogen) atoms. The molecule has 0 bridgehead atoms. The smallest absolute Gasteiger partial charge is 0.153 e. The molecule has 2 unspecified atom stereocenters. The van der Waals surface area contributed by atoms with Gasteiger partial charge in [-0.2, -0.15) is 0 Å². The molecule has 2 N–H and O–H groups in total. The largest absolute Gasteiger partial charge is 0.486 e. The Balaban J connectivity index is 0.814. The Labute approximate surface area is 493 Å². The van der Waals surface area contributed by atoms with Gasteiger partial charge in [-0.25, -0.2) is 0 Å². The van der Waals surface area contributed by atoms with E-state index in [0.717, 1.165) is 117 Å². The number of nitrogens with zero attached hydrogens (tertiary/aromatic N) is 4. The van der Waals surface area contributed by atoms with E-state index in [2.05, 4.69) is 311 Å². The summed E-state index contributed by atoms with van der Waals surface area (Å²) >= 11 is 0. The van der Waals surface area contributed by atoms with Crippen LogP contribution in [0.15, 0.2) is 279 Å². The fourth-order valence-corrected chi connectivity index (χ4v) is 12.6. The minimum Gasteiger partial charge on any atom is -0.486 e. The molecular formula is C76H66N6O2. The van der Waals surface area contributed by atoms with Crippen LogP contribution in [0, 0.1) is 0 Å². The molecule has 0 aliphatic carbocycles. The fraction of sp³-hybridized carbons (Fsp3) is 0.132. The van der Waals surface area contributed by atoms with Gasteiger partial charge in [0.15, 0.2) is 11.5 Å². The Kier molecular flexibility index (Phi) is 14.4. The van der Waals surface area contributed by atoms with Crippen molar-refractivity contribution in [3.05, 3.63) is 290 Å². The van der Waals surface area contributed by atoms with Crippen molar-refractivity contribution in [1.82, 2.24) is 10.6 Å². The van der Waals surface area contributed by atoms with Gasteiger partial charge in [0.25, 0.3) is 0 Å². The van der Waals surface area contributed by atoms with Crippen LogP contribution in [0.1, 0.15) is 49.9 Å². The average Bonchev–Trinajstić information content (AvgIpc) is 2.13. The average molecular weight is 1100 g/mol. The Bertz CT molecular complexity index is 4030. The van der Waals surface area contributed by atoms with E-state index >= 15 is 0 Å². The van der Waals surface area contributed by atoms with Crippen molar-refractivity contribution in [3.63, 3.8) is 0 Å². The monoisotopic (exact) mass is 1090 g/mol. The summed E-state index contributed by atoms with van der Waals surface area (Å²) in [5, 5.41) is 7.67. The molecule has 3 aliphatic heterocycles. The number of nitrogens with one attached hydrogen (secondary N) is 2. The van der Waals surface area contributed by atoms with Crippen molar-refractivity contribution < 1.29 is 9.47 Å². The fourth-order valence-electron chi connectivity index (χ4n) is 12.6. The molecular weight excluding hydrogens is 1030 g/mol. The molecule has 1 saturated heterocycles. The van der Waals surface area contributed by atoms with Crippen molar-refractivity contribution in [2.45, 2.75) is 50.9 Å². The molecule has 412 valence electrons.